The first-order valence-corrected chi connectivity index (χ1v) is 9.21. The van der Waals surface area contributed by atoms with E-state index in [1.807, 2.05) is 13.8 Å². The lowest BCUT2D eigenvalue weighted by molar-refractivity contribution is -0.274. The number of hydrogen-bond acceptors (Lipinski definition) is 5. The first-order chi connectivity index (χ1) is 13.0. The Kier molecular flexibility index (Phi) is 5.29. The zero-order valence-corrected chi connectivity index (χ0v) is 16.5. The summed E-state index contributed by atoms with van der Waals surface area (Å²) in [5.41, 5.74) is 2.36. The maximum absolute atomic E-state index is 12.9. The quantitative estimate of drug-likeness (QED) is 0.622. The molecule has 3 rings (SSSR count). The standard InChI is InChI=1S/C19H18F3N3O2S/c1-10-15-11(2)23-12(3)24-17(15)28-16(10)18(26)25(4)9-13-5-7-14(8-6-13)27-19(20,21)22/h5-8H,9H2,1-4H3. The Morgan fingerprint density at radius 2 is 1.79 bits per heavy atom. The Morgan fingerprint density at radius 3 is 2.39 bits per heavy atom. The number of aryl methyl sites for hydroxylation is 3. The topological polar surface area (TPSA) is 55.3 Å². The van der Waals surface area contributed by atoms with E-state index in [4.69, 9.17) is 0 Å². The molecule has 0 atom stereocenters. The fraction of sp³-hybridized carbons (Fsp3) is 0.316. The summed E-state index contributed by atoms with van der Waals surface area (Å²) in [7, 11) is 1.65. The molecule has 0 saturated heterocycles. The first kappa shape index (κ1) is 20.1. The Balaban J connectivity index is 1.79. The number of thiophene rings is 1. The minimum atomic E-state index is -4.73. The molecule has 148 valence electrons. The average Bonchev–Trinajstić information content (AvgIpc) is 2.91. The van der Waals surface area contributed by atoms with Gasteiger partial charge in [-0.1, -0.05) is 12.1 Å². The van der Waals surface area contributed by atoms with Crippen LogP contribution in [-0.2, 0) is 6.54 Å². The van der Waals surface area contributed by atoms with E-state index in [0.29, 0.717) is 16.3 Å². The van der Waals surface area contributed by atoms with Gasteiger partial charge in [-0.2, -0.15) is 0 Å². The van der Waals surface area contributed by atoms with Crippen LogP contribution in [0, 0.1) is 20.8 Å². The van der Waals surface area contributed by atoms with Crippen molar-refractivity contribution in [2.75, 3.05) is 7.05 Å². The molecule has 0 unspecified atom stereocenters. The number of carbonyl (C=O) groups excluding carboxylic acids is 1. The van der Waals surface area contributed by atoms with Crippen LogP contribution in [0.4, 0.5) is 13.2 Å². The fourth-order valence-corrected chi connectivity index (χ4v) is 4.27. The molecule has 1 amide bonds. The summed E-state index contributed by atoms with van der Waals surface area (Å²) >= 11 is 1.32. The highest BCUT2D eigenvalue weighted by molar-refractivity contribution is 7.20. The highest BCUT2D eigenvalue weighted by atomic mass is 32.1. The van der Waals surface area contributed by atoms with E-state index in [-0.39, 0.29) is 18.2 Å². The van der Waals surface area contributed by atoms with E-state index in [2.05, 4.69) is 14.7 Å². The molecule has 0 aliphatic carbocycles. The summed E-state index contributed by atoms with van der Waals surface area (Å²) < 4.78 is 40.6. The van der Waals surface area contributed by atoms with Gasteiger partial charge in [-0.15, -0.1) is 24.5 Å². The number of aromatic nitrogens is 2. The van der Waals surface area contributed by atoms with Crippen molar-refractivity contribution in [3.63, 3.8) is 0 Å². The third-order valence-electron chi connectivity index (χ3n) is 4.20. The van der Waals surface area contributed by atoms with Gasteiger partial charge >= 0.3 is 6.36 Å². The largest absolute Gasteiger partial charge is 0.573 e. The van der Waals surface area contributed by atoms with Gasteiger partial charge in [0.2, 0.25) is 0 Å². The van der Waals surface area contributed by atoms with E-state index in [0.717, 1.165) is 21.5 Å². The van der Waals surface area contributed by atoms with Crippen LogP contribution < -0.4 is 4.74 Å². The Morgan fingerprint density at radius 1 is 1.14 bits per heavy atom. The van der Waals surface area contributed by atoms with E-state index < -0.39 is 6.36 Å². The van der Waals surface area contributed by atoms with E-state index >= 15 is 0 Å². The van der Waals surface area contributed by atoms with Crippen LogP contribution in [0.5, 0.6) is 5.75 Å². The van der Waals surface area contributed by atoms with Crippen LogP contribution in [0.25, 0.3) is 10.2 Å². The lowest BCUT2D eigenvalue weighted by Gasteiger charge is -2.17. The van der Waals surface area contributed by atoms with Crippen molar-refractivity contribution in [1.29, 1.82) is 0 Å². The molecule has 1 aromatic carbocycles. The van der Waals surface area contributed by atoms with Gasteiger partial charge in [0.1, 0.15) is 16.4 Å². The van der Waals surface area contributed by atoms with Crippen molar-refractivity contribution >= 4 is 27.5 Å². The lowest BCUT2D eigenvalue weighted by Crippen LogP contribution is -2.26. The van der Waals surface area contributed by atoms with Crippen molar-refractivity contribution in [2.24, 2.45) is 0 Å². The molecule has 0 spiro atoms. The van der Waals surface area contributed by atoms with E-state index in [9.17, 15) is 18.0 Å². The molecule has 0 aliphatic rings. The lowest BCUT2D eigenvalue weighted by atomic mass is 10.1. The number of ether oxygens (including phenoxy) is 1. The second-order valence-electron chi connectivity index (χ2n) is 6.45. The average molecular weight is 409 g/mol. The maximum atomic E-state index is 12.9. The van der Waals surface area contributed by atoms with Gasteiger partial charge in [0.25, 0.3) is 5.91 Å². The highest BCUT2D eigenvalue weighted by Gasteiger charge is 2.31. The van der Waals surface area contributed by atoms with Crippen LogP contribution in [0.15, 0.2) is 24.3 Å². The highest BCUT2D eigenvalue weighted by Crippen LogP contribution is 2.32. The molecule has 3 aromatic rings. The van der Waals surface area contributed by atoms with Crippen LogP contribution in [-0.4, -0.2) is 34.2 Å². The van der Waals surface area contributed by atoms with E-state index in [1.54, 1.807) is 14.0 Å². The number of hydrogen-bond donors (Lipinski definition) is 0. The van der Waals surface area contributed by atoms with Gasteiger partial charge in [0.05, 0.1) is 4.88 Å². The number of alkyl halides is 3. The molecule has 0 N–H and O–H groups in total. The molecule has 28 heavy (non-hydrogen) atoms. The van der Waals surface area contributed by atoms with Gasteiger partial charge in [0, 0.05) is 24.7 Å². The normalized spacial score (nSPS) is 11.7. The summed E-state index contributed by atoms with van der Waals surface area (Å²) in [6, 6.07) is 5.46. The van der Waals surface area contributed by atoms with E-state index in [1.165, 1.54) is 40.5 Å². The summed E-state index contributed by atoms with van der Waals surface area (Å²) in [5, 5.41) is 0.890. The summed E-state index contributed by atoms with van der Waals surface area (Å²) in [5.74, 6) is 0.183. The van der Waals surface area contributed by atoms with Crippen molar-refractivity contribution in [1.82, 2.24) is 14.9 Å². The molecule has 0 fully saturated rings. The molecule has 0 bridgehead atoms. The third-order valence-corrected chi connectivity index (χ3v) is 5.37. The number of benzene rings is 1. The molecule has 0 aliphatic heterocycles. The summed E-state index contributed by atoms with van der Waals surface area (Å²) in [4.78, 5) is 24.6. The SMILES string of the molecule is Cc1nc(C)c2c(C)c(C(=O)N(C)Cc3ccc(OC(F)(F)F)cc3)sc2n1. The molecule has 0 saturated carbocycles. The zero-order valence-electron chi connectivity index (χ0n) is 15.7. The van der Waals surface area contributed by atoms with Crippen molar-refractivity contribution in [3.05, 3.63) is 51.8 Å². The number of amides is 1. The molecule has 2 heterocycles. The van der Waals surface area contributed by atoms with Gasteiger partial charge in [-0.05, 0) is 44.0 Å². The van der Waals surface area contributed by atoms with Gasteiger partial charge in [-0.3, -0.25) is 4.79 Å². The minimum absolute atomic E-state index is 0.173. The van der Waals surface area contributed by atoms with Crippen LogP contribution in [0.1, 0.15) is 32.3 Å². The van der Waals surface area contributed by atoms with Crippen LogP contribution in [0.2, 0.25) is 0 Å². The Bertz CT molecular complexity index is 1030. The second-order valence-corrected chi connectivity index (χ2v) is 7.44. The number of rotatable bonds is 4. The van der Waals surface area contributed by atoms with Crippen molar-refractivity contribution in [3.8, 4) is 5.75 Å². The predicted molar refractivity (Wildman–Crippen MR) is 101 cm³/mol. The fourth-order valence-electron chi connectivity index (χ4n) is 2.99. The van der Waals surface area contributed by atoms with Crippen LogP contribution in [0.3, 0.4) is 0 Å². The van der Waals surface area contributed by atoms with Gasteiger partial charge in [0.15, 0.2) is 0 Å². The second kappa shape index (κ2) is 7.38. The smallest absolute Gasteiger partial charge is 0.406 e. The van der Waals surface area contributed by atoms with Crippen LogP contribution >= 0.6 is 11.3 Å². The number of halogens is 3. The molecular formula is C19H18F3N3O2S. The third kappa shape index (κ3) is 4.24. The number of carbonyl (C=O) groups is 1. The molecule has 0 radical (unpaired) electrons. The maximum Gasteiger partial charge on any atom is 0.573 e. The zero-order chi connectivity index (χ0) is 20.6. The van der Waals surface area contributed by atoms with Crippen molar-refractivity contribution < 1.29 is 22.7 Å². The summed E-state index contributed by atoms with van der Waals surface area (Å²) in [6.07, 6.45) is -4.73. The monoisotopic (exact) mass is 409 g/mol. The molecule has 2 aromatic heterocycles. The number of nitrogens with zero attached hydrogens (tertiary/aromatic N) is 3. The van der Waals surface area contributed by atoms with Gasteiger partial charge in [-0.25, -0.2) is 9.97 Å². The molecule has 5 nitrogen and oxygen atoms in total. The number of fused-ring (bicyclic) bond motifs is 1. The Labute approximate surface area is 163 Å². The first-order valence-electron chi connectivity index (χ1n) is 8.39. The Hall–Kier alpha value is -2.68. The summed E-state index contributed by atoms with van der Waals surface area (Å²) in [6.45, 7) is 5.82. The predicted octanol–water partition coefficient (Wildman–Crippen LogP) is 4.79. The molecule has 9 heteroatoms. The molecular weight excluding hydrogens is 391 g/mol. The minimum Gasteiger partial charge on any atom is -0.406 e. The van der Waals surface area contributed by atoms with Gasteiger partial charge < -0.3 is 9.64 Å². The van der Waals surface area contributed by atoms with Crippen molar-refractivity contribution in [2.45, 2.75) is 33.7 Å².